The number of likely N-dealkylation sites (tertiary alicyclic amines) is 1. The Kier molecular flexibility index (Phi) is 4.68. The summed E-state index contributed by atoms with van der Waals surface area (Å²) >= 11 is 0. The monoisotopic (exact) mass is 339 g/mol. The third-order valence-electron chi connectivity index (χ3n) is 5.32. The highest BCUT2D eigenvalue weighted by atomic mass is 16.2. The summed E-state index contributed by atoms with van der Waals surface area (Å²) in [5.41, 5.74) is 1.69. The number of nitrogens with one attached hydrogen (secondary N) is 1. The fourth-order valence-corrected chi connectivity index (χ4v) is 3.95. The van der Waals surface area contributed by atoms with Crippen molar-refractivity contribution >= 4 is 11.7 Å². The lowest BCUT2D eigenvalue weighted by molar-refractivity contribution is 0.0732. The second-order valence-electron chi connectivity index (χ2n) is 6.97. The fraction of sp³-hybridized carbons (Fsp3) is 0.526. The van der Waals surface area contributed by atoms with E-state index in [0.717, 1.165) is 44.0 Å². The second-order valence-corrected chi connectivity index (χ2v) is 6.97. The lowest BCUT2D eigenvalue weighted by atomic mass is 10.1. The number of carbonyl (C=O) groups excluding carboxylic acids is 1. The van der Waals surface area contributed by atoms with Crippen LogP contribution in [0.3, 0.4) is 0 Å². The Morgan fingerprint density at radius 3 is 2.56 bits per heavy atom. The summed E-state index contributed by atoms with van der Waals surface area (Å²) in [6.07, 6.45) is 10.5. The molecule has 132 valence electrons. The van der Waals surface area contributed by atoms with Gasteiger partial charge in [0, 0.05) is 32.0 Å². The first-order chi connectivity index (χ1) is 12.3. The van der Waals surface area contributed by atoms with Crippen LogP contribution in [0.5, 0.6) is 0 Å². The Labute approximate surface area is 148 Å². The summed E-state index contributed by atoms with van der Waals surface area (Å²) in [5.74, 6) is 1.05. The first kappa shape index (κ1) is 16.1. The summed E-state index contributed by atoms with van der Waals surface area (Å²) < 4.78 is 0. The molecule has 0 aliphatic carbocycles. The molecule has 0 unspecified atom stereocenters. The van der Waals surface area contributed by atoms with E-state index in [1.165, 1.54) is 25.7 Å². The molecule has 0 saturated carbocycles. The van der Waals surface area contributed by atoms with Gasteiger partial charge in [-0.25, -0.2) is 4.98 Å². The van der Waals surface area contributed by atoms with Crippen molar-refractivity contribution < 1.29 is 4.79 Å². The molecule has 2 saturated heterocycles. The minimum absolute atomic E-state index is 0.0621. The maximum atomic E-state index is 12.9. The van der Waals surface area contributed by atoms with Gasteiger partial charge in [-0.15, -0.1) is 0 Å². The van der Waals surface area contributed by atoms with E-state index in [2.05, 4.69) is 20.1 Å². The summed E-state index contributed by atoms with van der Waals surface area (Å²) in [4.78, 5) is 21.8. The van der Waals surface area contributed by atoms with Crippen LogP contribution in [-0.2, 0) is 0 Å². The van der Waals surface area contributed by atoms with E-state index in [-0.39, 0.29) is 11.9 Å². The lowest BCUT2D eigenvalue weighted by Crippen LogP contribution is -2.31. The quantitative estimate of drug-likeness (QED) is 0.933. The Hall–Kier alpha value is -2.37. The molecule has 2 aromatic heterocycles. The number of aromatic nitrogens is 3. The number of hydrogen-bond acceptors (Lipinski definition) is 4. The van der Waals surface area contributed by atoms with Gasteiger partial charge in [0.2, 0.25) is 0 Å². The highest BCUT2D eigenvalue weighted by molar-refractivity contribution is 5.94. The zero-order valence-corrected chi connectivity index (χ0v) is 14.5. The third kappa shape index (κ3) is 3.38. The van der Waals surface area contributed by atoms with Crippen LogP contribution in [0.4, 0.5) is 5.82 Å². The van der Waals surface area contributed by atoms with Gasteiger partial charge < -0.3 is 9.80 Å². The molecular weight excluding hydrogens is 314 g/mol. The molecule has 0 bridgehead atoms. The summed E-state index contributed by atoms with van der Waals surface area (Å²) in [6, 6.07) is 5.98. The summed E-state index contributed by atoms with van der Waals surface area (Å²) in [7, 11) is 0. The lowest BCUT2D eigenvalue weighted by Gasteiger charge is -2.24. The van der Waals surface area contributed by atoms with Crippen LogP contribution in [0, 0.1) is 0 Å². The van der Waals surface area contributed by atoms with Gasteiger partial charge in [0.1, 0.15) is 5.82 Å². The zero-order valence-electron chi connectivity index (χ0n) is 14.5. The van der Waals surface area contributed by atoms with Crippen LogP contribution in [0.1, 0.15) is 60.6 Å². The van der Waals surface area contributed by atoms with Gasteiger partial charge in [0.25, 0.3) is 5.91 Å². The van der Waals surface area contributed by atoms with E-state index in [0.29, 0.717) is 5.56 Å². The molecule has 2 aliphatic heterocycles. The average Bonchev–Trinajstić information content (AvgIpc) is 3.27. The van der Waals surface area contributed by atoms with E-state index >= 15 is 0 Å². The van der Waals surface area contributed by atoms with Crippen molar-refractivity contribution in [3.63, 3.8) is 0 Å². The van der Waals surface area contributed by atoms with Crippen LogP contribution in [0.15, 0.2) is 30.6 Å². The molecule has 0 spiro atoms. The number of rotatable bonds is 3. The maximum absolute atomic E-state index is 12.9. The summed E-state index contributed by atoms with van der Waals surface area (Å²) in [6.45, 7) is 2.92. The van der Waals surface area contributed by atoms with E-state index in [9.17, 15) is 4.79 Å². The van der Waals surface area contributed by atoms with Crippen molar-refractivity contribution in [2.75, 3.05) is 24.5 Å². The molecule has 4 heterocycles. The van der Waals surface area contributed by atoms with Gasteiger partial charge in [-0.2, -0.15) is 5.10 Å². The number of aromatic amines is 1. The van der Waals surface area contributed by atoms with Crippen LogP contribution >= 0.6 is 0 Å². The van der Waals surface area contributed by atoms with Gasteiger partial charge in [-0.05, 0) is 43.9 Å². The van der Waals surface area contributed by atoms with E-state index in [1.54, 1.807) is 12.4 Å². The van der Waals surface area contributed by atoms with E-state index < -0.39 is 0 Å². The molecule has 1 amide bonds. The molecule has 0 aromatic carbocycles. The highest BCUT2D eigenvalue weighted by Crippen LogP contribution is 2.32. The number of H-pyrrole nitrogens is 1. The van der Waals surface area contributed by atoms with Gasteiger partial charge in [-0.1, -0.05) is 12.8 Å². The maximum Gasteiger partial charge on any atom is 0.255 e. The van der Waals surface area contributed by atoms with Gasteiger partial charge in [0.05, 0.1) is 17.3 Å². The predicted molar refractivity (Wildman–Crippen MR) is 96.5 cm³/mol. The van der Waals surface area contributed by atoms with Crippen molar-refractivity contribution in [2.24, 2.45) is 0 Å². The molecule has 25 heavy (non-hydrogen) atoms. The normalized spacial score (nSPS) is 21.4. The number of anilines is 1. The minimum atomic E-state index is 0.0621. The van der Waals surface area contributed by atoms with Gasteiger partial charge >= 0.3 is 0 Å². The van der Waals surface area contributed by atoms with Crippen molar-refractivity contribution in [3.8, 4) is 0 Å². The molecule has 2 aliphatic rings. The fourth-order valence-electron chi connectivity index (χ4n) is 3.95. The molecule has 6 nitrogen and oxygen atoms in total. The Balaban J connectivity index is 1.48. The first-order valence-electron chi connectivity index (χ1n) is 9.34. The topological polar surface area (TPSA) is 65.1 Å². The molecule has 2 aromatic rings. The Bertz CT molecular complexity index is 689. The predicted octanol–water partition coefficient (Wildman–Crippen LogP) is 3.16. The van der Waals surface area contributed by atoms with Crippen LogP contribution in [0.2, 0.25) is 0 Å². The standard InChI is InChI=1S/C19H25N5O/c25-19(24-13-5-6-17(24)16-9-10-21-22-16)15-7-8-18(20-14-15)23-11-3-1-2-4-12-23/h7-10,14,17H,1-6,11-13H2,(H,21,22)/t17-/m1/s1. The highest BCUT2D eigenvalue weighted by Gasteiger charge is 2.31. The van der Waals surface area contributed by atoms with E-state index in [1.807, 2.05) is 23.1 Å². The smallest absolute Gasteiger partial charge is 0.255 e. The molecule has 0 radical (unpaired) electrons. The first-order valence-corrected chi connectivity index (χ1v) is 9.34. The largest absolute Gasteiger partial charge is 0.357 e. The number of carbonyl (C=O) groups is 1. The number of hydrogen-bond donors (Lipinski definition) is 1. The molecule has 1 atom stereocenters. The van der Waals surface area contributed by atoms with Crippen LogP contribution in [0.25, 0.3) is 0 Å². The molecule has 2 fully saturated rings. The average molecular weight is 339 g/mol. The number of pyridine rings is 1. The molecule has 4 rings (SSSR count). The molecule has 6 heteroatoms. The molecular formula is C19H25N5O. The van der Waals surface area contributed by atoms with Crippen molar-refractivity contribution in [1.29, 1.82) is 0 Å². The SMILES string of the molecule is O=C(c1ccc(N2CCCCCC2)nc1)N1CCC[C@@H]1c1ccn[nH]1. The van der Waals surface area contributed by atoms with Crippen molar-refractivity contribution in [3.05, 3.63) is 41.9 Å². The van der Waals surface area contributed by atoms with Gasteiger partial charge in [0.15, 0.2) is 0 Å². The number of amides is 1. The van der Waals surface area contributed by atoms with E-state index in [4.69, 9.17) is 0 Å². The van der Waals surface area contributed by atoms with Crippen molar-refractivity contribution in [1.82, 2.24) is 20.1 Å². The Morgan fingerprint density at radius 1 is 1.04 bits per heavy atom. The van der Waals surface area contributed by atoms with Crippen LogP contribution < -0.4 is 4.90 Å². The van der Waals surface area contributed by atoms with Crippen LogP contribution in [-0.4, -0.2) is 45.6 Å². The minimum Gasteiger partial charge on any atom is -0.357 e. The zero-order chi connectivity index (χ0) is 17.1. The van der Waals surface area contributed by atoms with Crippen molar-refractivity contribution in [2.45, 2.75) is 44.6 Å². The summed E-state index contributed by atoms with van der Waals surface area (Å²) in [5, 5.41) is 7.03. The Morgan fingerprint density at radius 2 is 1.88 bits per heavy atom. The molecule has 1 N–H and O–H groups in total. The van der Waals surface area contributed by atoms with Gasteiger partial charge in [-0.3, -0.25) is 9.89 Å². The number of nitrogens with zero attached hydrogens (tertiary/aromatic N) is 4. The third-order valence-corrected chi connectivity index (χ3v) is 5.32. The second kappa shape index (κ2) is 7.25.